The van der Waals surface area contributed by atoms with Gasteiger partial charge in [-0.05, 0) is 60.9 Å². The van der Waals surface area contributed by atoms with E-state index in [0.29, 0.717) is 35.5 Å². The van der Waals surface area contributed by atoms with Gasteiger partial charge in [0, 0.05) is 29.0 Å². The summed E-state index contributed by atoms with van der Waals surface area (Å²) >= 11 is 0. The third-order valence-electron chi connectivity index (χ3n) is 4.49. The minimum Gasteiger partial charge on any atom is -0.399 e. The second-order valence-corrected chi connectivity index (χ2v) is 6.59. The van der Waals surface area contributed by atoms with Crippen molar-refractivity contribution in [1.29, 1.82) is 0 Å². The van der Waals surface area contributed by atoms with Gasteiger partial charge >= 0.3 is 0 Å². The Morgan fingerprint density at radius 1 is 0.821 bits per heavy atom. The number of amides is 2. The van der Waals surface area contributed by atoms with Crippen molar-refractivity contribution >= 4 is 28.9 Å². The Balaban J connectivity index is 1.54. The number of carbonyl (C=O) groups excluding carboxylic acids is 2. The van der Waals surface area contributed by atoms with Crippen LogP contribution in [0.3, 0.4) is 0 Å². The number of rotatable bonds is 6. The van der Waals surface area contributed by atoms with Crippen molar-refractivity contribution < 1.29 is 9.59 Å². The van der Waals surface area contributed by atoms with E-state index in [2.05, 4.69) is 10.6 Å². The summed E-state index contributed by atoms with van der Waals surface area (Å²) in [5.74, 6) is -0.240. The van der Waals surface area contributed by atoms with Crippen LogP contribution in [-0.2, 0) is 11.2 Å². The Kier molecular flexibility index (Phi) is 6.07. The number of hydrogen-bond donors (Lipinski definition) is 3. The fraction of sp³-hybridized carbons (Fsp3) is 0.130. The van der Waals surface area contributed by atoms with Crippen LogP contribution in [0.5, 0.6) is 0 Å². The van der Waals surface area contributed by atoms with E-state index in [1.54, 1.807) is 30.3 Å². The lowest BCUT2D eigenvalue weighted by molar-refractivity contribution is -0.116. The topological polar surface area (TPSA) is 84.2 Å². The molecule has 3 aromatic rings. The van der Waals surface area contributed by atoms with Gasteiger partial charge < -0.3 is 16.4 Å². The molecule has 0 unspecified atom stereocenters. The van der Waals surface area contributed by atoms with Crippen molar-refractivity contribution in [2.75, 3.05) is 16.4 Å². The molecule has 142 valence electrons. The highest BCUT2D eigenvalue weighted by Gasteiger charge is 2.09. The zero-order chi connectivity index (χ0) is 19.9. The van der Waals surface area contributed by atoms with Crippen molar-refractivity contribution in [3.05, 3.63) is 89.5 Å². The van der Waals surface area contributed by atoms with Gasteiger partial charge in [0.2, 0.25) is 5.91 Å². The molecule has 0 aromatic heterocycles. The highest BCUT2D eigenvalue weighted by Crippen LogP contribution is 2.17. The summed E-state index contributed by atoms with van der Waals surface area (Å²) in [6, 6.07) is 22.0. The van der Waals surface area contributed by atoms with E-state index in [-0.39, 0.29) is 11.8 Å². The average molecular weight is 373 g/mol. The molecule has 28 heavy (non-hydrogen) atoms. The number of nitrogens with two attached hydrogens (primary N) is 1. The Bertz CT molecular complexity index is 981. The number of hydrogen-bond acceptors (Lipinski definition) is 3. The van der Waals surface area contributed by atoms with Gasteiger partial charge in [0.25, 0.3) is 5.91 Å². The number of para-hydroxylation sites is 1. The van der Waals surface area contributed by atoms with Gasteiger partial charge in [0.1, 0.15) is 0 Å². The standard InChI is InChI=1S/C23H23N3O2/c1-16-6-2-4-8-20(16)23(28)26-19-13-11-18(12-14-19)25-22(27)15-10-17-7-3-5-9-21(17)24/h2-9,11-14H,10,15,24H2,1H3,(H,25,27)(H,26,28). The van der Waals surface area contributed by atoms with Gasteiger partial charge in [0.15, 0.2) is 0 Å². The number of carbonyl (C=O) groups is 2. The second-order valence-electron chi connectivity index (χ2n) is 6.59. The molecule has 0 saturated heterocycles. The van der Waals surface area contributed by atoms with Crippen molar-refractivity contribution in [1.82, 2.24) is 0 Å². The van der Waals surface area contributed by atoms with Crippen molar-refractivity contribution in [3.8, 4) is 0 Å². The number of anilines is 3. The molecule has 3 aromatic carbocycles. The molecule has 0 aliphatic carbocycles. The van der Waals surface area contributed by atoms with Crippen LogP contribution in [-0.4, -0.2) is 11.8 Å². The first kappa shape index (κ1) is 19.2. The summed E-state index contributed by atoms with van der Waals surface area (Å²) in [5, 5.41) is 5.73. The lowest BCUT2D eigenvalue weighted by Gasteiger charge is -2.10. The van der Waals surface area contributed by atoms with Gasteiger partial charge in [0.05, 0.1) is 0 Å². The molecular weight excluding hydrogens is 350 g/mol. The highest BCUT2D eigenvalue weighted by atomic mass is 16.2. The van der Waals surface area contributed by atoms with Crippen molar-refractivity contribution in [3.63, 3.8) is 0 Å². The van der Waals surface area contributed by atoms with Crippen LogP contribution in [0.15, 0.2) is 72.8 Å². The van der Waals surface area contributed by atoms with Crippen LogP contribution in [0.4, 0.5) is 17.1 Å². The van der Waals surface area contributed by atoms with E-state index in [9.17, 15) is 9.59 Å². The third kappa shape index (κ3) is 4.98. The molecular formula is C23H23N3O2. The summed E-state index contributed by atoms with van der Waals surface area (Å²) in [6.07, 6.45) is 0.934. The monoisotopic (exact) mass is 373 g/mol. The second kappa shape index (κ2) is 8.86. The van der Waals surface area contributed by atoms with E-state index in [1.807, 2.05) is 49.4 Å². The zero-order valence-corrected chi connectivity index (χ0v) is 15.7. The lowest BCUT2D eigenvalue weighted by atomic mass is 10.1. The average Bonchev–Trinajstić information content (AvgIpc) is 2.69. The largest absolute Gasteiger partial charge is 0.399 e. The minimum atomic E-state index is -0.157. The van der Waals surface area contributed by atoms with Gasteiger partial charge in [-0.2, -0.15) is 0 Å². The summed E-state index contributed by atoms with van der Waals surface area (Å²) in [4.78, 5) is 24.5. The third-order valence-corrected chi connectivity index (χ3v) is 4.49. The predicted octanol–water partition coefficient (Wildman–Crippen LogP) is 4.40. The smallest absolute Gasteiger partial charge is 0.255 e. The maximum Gasteiger partial charge on any atom is 0.255 e. The molecule has 2 amide bonds. The molecule has 0 heterocycles. The lowest BCUT2D eigenvalue weighted by Crippen LogP contribution is -2.14. The first-order valence-electron chi connectivity index (χ1n) is 9.13. The maximum atomic E-state index is 12.4. The molecule has 4 N–H and O–H groups in total. The SMILES string of the molecule is Cc1ccccc1C(=O)Nc1ccc(NC(=O)CCc2ccccc2N)cc1. The van der Waals surface area contributed by atoms with Gasteiger partial charge in [-0.3, -0.25) is 9.59 Å². The number of nitrogen functional groups attached to an aromatic ring is 1. The van der Waals surface area contributed by atoms with E-state index in [1.165, 1.54) is 0 Å². The number of benzene rings is 3. The van der Waals surface area contributed by atoms with Crippen LogP contribution >= 0.6 is 0 Å². The number of aryl methyl sites for hydroxylation is 2. The molecule has 0 saturated carbocycles. The van der Waals surface area contributed by atoms with Gasteiger partial charge in [-0.25, -0.2) is 0 Å². The molecule has 0 aliphatic rings. The Labute approximate surface area is 164 Å². The van der Waals surface area contributed by atoms with Crippen LogP contribution in [0.1, 0.15) is 27.9 Å². The predicted molar refractivity (Wildman–Crippen MR) is 113 cm³/mol. The number of nitrogens with one attached hydrogen (secondary N) is 2. The Hall–Kier alpha value is -3.60. The molecule has 0 spiro atoms. The summed E-state index contributed by atoms with van der Waals surface area (Å²) < 4.78 is 0. The molecule has 5 nitrogen and oxygen atoms in total. The van der Waals surface area contributed by atoms with Crippen LogP contribution in [0.25, 0.3) is 0 Å². The first-order chi connectivity index (χ1) is 13.5. The Morgan fingerprint density at radius 3 is 2.11 bits per heavy atom. The fourth-order valence-electron chi connectivity index (χ4n) is 2.90. The summed E-state index contributed by atoms with van der Waals surface area (Å²) in [5.41, 5.74) is 10.5. The maximum absolute atomic E-state index is 12.4. The quantitative estimate of drug-likeness (QED) is 0.560. The van der Waals surface area contributed by atoms with E-state index >= 15 is 0 Å². The molecule has 5 heteroatoms. The van der Waals surface area contributed by atoms with E-state index < -0.39 is 0 Å². The summed E-state index contributed by atoms with van der Waals surface area (Å²) in [7, 11) is 0. The van der Waals surface area contributed by atoms with E-state index in [4.69, 9.17) is 5.73 Å². The van der Waals surface area contributed by atoms with Crippen LogP contribution in [0.2, 0.25) is 0 Å². The molecule has 0 atom stereocenters. The summed E-state index contributed by atoms with van der Waals surface area (Å²) in [6.45, 7) is 1.90. The van der Waals surface area contributed by atoms with E-state index in [0.717, 1.165) is 11.1 Å². The van der Waals surface area contributed by atoms with Crippen molar-refractivity contribution in [2.24, 2.45) is 0 Å². The Morgan fingerprint density at radius 2 is 1.43 bits per heavy atom. The van der Waals surface area contributed by atoms with Gasteiger partial charge in [-0.1, -0.05) is 36.4 Å². The fourth-order valence-corrected chi connectivity index (χ4v) is 2.90. The van der Waals surface area contributed by atoms with Crippen molar-refractivity contribution in [2.45, 2.75) is 19.8 Å². The highest BCUT2D eigenvalue weighted by molar-refractivity contribution is 6.05. The first-order valence-corrected chi connectivity index (χ1v) is 9.13. The van der Waals surface area contributed by atoms with Gasteiger partial charge in [-0.15, -0.1) is 0 Å². The van der Waals surface area contributed by atoms with Crippen LogP contribution in [0, 0.1) is 6.92 Å². The minimum absolute atomic E-state index is 0.0834. The molecule has 3 rings (SSSR count). The molecule has 0 aliphatic heterocycles. The van der Waals surface area contributed by atoms with Crippen LogP contribution < -0.4 is 16.4 Å². The normalized spacial score (nSPS) is 10.3. The molecule has 0 radical (unpaired) electrons. The molecule has 0 fully saturated rings. The zero-order valence-electron chi connectivity index (χ0n) is 15.7. The molecule has 0 bridgehead atoms.